The van der Waals surface area contributed by atoms with Gasteiger partial charge in [0.2, 0.25) is 5.13 Å². The lowest BCUT2D eigenvalue weighted by Gasteiger charge is -2.07. The van der Waals surface area contributed by atoms with Crippen molar-refractivity contribution in [3.63, 3.8) is 0 Å². The summed E-state index contributed by atoms with van der Waals surface area (Å²) in [5.41, 5.74) is 0. The molecule has 0 bridgehead atoms. The summed E-state index contributed by atoms with van der Waals surface area (Å²) in [6.07, 6.45) is 4.20. The number of anilines is 1. The number of nitrogens with zero attached hydrogens (tertiary/aromatic N) is 2. The minimum absolute atomic E-state index is 0.188. The van der Waals surface area contributed by atoms with Gasteiger partial charge >= 0.3 is 0 Å². The van der Waals surface area contributed by atoms with Gasteiger partial charge in [0.25, 0.3) is 0 Å². The first-order chi connectivity index (χ1) is 7.26. The second kappa shape index (κ2) is 7.01. The second-order valence-electron chi connectivity index (χ2n) is 3.53. The van der Waals surface area contributed by atoms with Gasteiger partial charge < -0.3 is 5.32 Å². The third-order valence-electron chi connectivity index (χ3n) is 2.02. The van der Waals surface area contributed by atoms with Crippen molar-refractivity contribution in [1.29, 1.82) is 0 Å². The van der Waals surface area contributed by atoms with Crippen LogP contribution in [-0.4, -0.2) is 21.3 Å². The third-order valence-corrected chi connectivity index (χ3v) is 3.10. The summed E-state index contributed by atoms with van der Waals surface area (Å²) in [7, 11) is 0. The van der Waals surface area contributed by atoms with Gasteiger partial charge in [0.15, 0.2) is 0 Å². The van der Waals surface area contributed by atoms with Crippen LogP contribution in [0.2, 0.25) is 0 Å². The highest BCUT2D eigenvalue weighted by atomic mass is 35.5. The van der Waals surface area contributed by atoms with Gasteiger partial charge in [-0.25, -0.2) is 4.98 Å². The molecule has 1 heterocycles. The summed E-state index contributed by atoms with van der Waals surface area (Å²) >= 11 is 7.51. The van der Waals surface area contributed by atoms with E-state index in [0.29, 0.717) is 0 Å². The molecule has 0 saturated carbocycles. The molecule has 86 valence electrons. The van der Waals surface area contributed by atoms with E-state index < -0.39 is 0 Å². The van der Waals surface area contributed by atoms with E-state index in [1.807, 2.05) is 0 Å². The van der Waals surface area contributed by atoms with Crippen molar-refractivity contribution in [2.75, 3.05) is 11.9 Å². The highest BCUT2D eigenvalue weighted by molar-refractivity contribution is 7.09. The van der Waals surface area contributed by atoms with Crippen molar-refractivity contribution < 1.29 is 0 Å². The predicted molar refractivity (Wildman–Crippen MR) is 66.9 cm³/mol. The van der Waals surface area contributed by atoms with Crippen molar-refractivity contribution in [1.82, 2.24) is 9.36 Å². The fraction of sp³-hybridized carbons (Fsp3) is 0.800. The van der Waals surface area contributed by atoms with Crippen LogP contribution in [0.15, 0.2) is 0 Å². The Morgan fingerprint density at radius 1 is 1.40 bits per heavy atom. The molecule has 1 N–H and O–H groups in total. The Morgan fingerprint density at radius 3 is 2.87 bits per heavy atom. The monoisotopic (exact) mass is 247 g/mol. The average Bonchev–Trinajstić information content (AvgIpc) is 2.64. The van der Waals surface area contributed by atoms with Gasteiger partial charge in [-0.1, -0.05) is 20.3 Å². The Morgan fingerprint density at radius 2 is 2.20 bits per heavy atom. The van der Waals surface area contributed by atoms with E-state index in [-0.39, 0.29) is 5.38 Å². The number of alkyl halides is 1. The van der Waals surface area contributed by atoms with Crippen LogP contribution in [0.5, 0.6) is 0 Å². The minimum Gasteiger partial charge on any atom is -0.359 e. The van der Waals surface area contributed by atoms with Crippen molar-refractivity contribution in [2.45, 2.75) is 44.9 Å². The van der Waals surface area contributed by atoms with Gasteiger partial charge in [-0.15, -0.1) is 11.6 Å². The lowest BCUT2D eigenvalue weighted by atomic mass is 10.2. The quantitative estimate of drug-likeness (QED) is 0.752. The van der Waals surface area contributed by atoms with E-state index in [9.17, 15) is 0 Å². The molecule has 1 unspecified atom stereocenters. The maximum Gasteiger partial charge on any atom is 0.202 e. The SMILES string of the molecule is CCCc1nsc(NCC(Cl)CCC)n1. The third kappa shape index (κ3) is 4.80. The van der Waals surface area contributed by atoms with Gasteiger partial charge in [0.1, 0.15) is 5.82 Å². The predicted octanol–water partition coefficient (Wildman–Crippen LogP) is 3.31. The number of halogens is 1. The largest absolute Gasteiger partial charge is 0.359 e. The molecule has 1 atom stereocenters. The fourth-order valence-electron chi connectivity index (χ4n) is 1.26. The van der Waals surface area contributed by atoms with Crippen molar-refractivity contribution >= 4 is 28.3 Å². The van der Waals surface area contributed by atoms with E-state index in [4.69, 9.17) is 11.6 Å². The van der Waals surface area contributed by atoms with Gasteiger partial charge in [-0.3, -0.25) is 0 Å². The zero-order chi connectivity index (χ0) is 11.1. The summed E-state index contributed by atoms with van der Waals surface area (Å²) in [6, 6.07) is 0. The lowest BCUT2D eigenvalue weighted by Crippen LogP contribution is -2.13. The molecule has 0 aromatic carbocycles. The Kier molecular flexibility index (Phi) is 5.95. The molecule has 0 spiro atoms. The summed E-state index contributed by atoms with van der Waals surface area (Å²) < 4.78 is 4.25. The molecule has 5 heteroatoms. The van der Waals surface area contributed by atoms with Crippen LogP contribution in [-0.2, 0) is 6.42 Å². The normalized spacial score (nSPS) is 12.7. The molecular formula is C10H18ClN3S. The number of rotatable bonds is 7. The van der Waals surface area contributed by atoms with Crippen LogP contribution < -0.4 is 5.32 Å². The summed E-state index contributed by atoms with van der Waals surface area (Å²) in [5.74, 6) is 0.937. The van der Waals surface area contributed by atoms with Gasteiger partial charge in [0, 0.05) is 24.5 Å². The van der Waals surface area contributed by atoms with Gasteiger partial charge in [-0.2, -0.15) is 4.37 Å². The van der Waals surface area contributed by atoms with E-state index >= 15 is 0 Å². The average molecular weight is 248 g/mol. The fourth-order valence-corrected chi connectivity index (χ4v) is 2.18. The molecule has 0 amide bonds. The minimum atomic E-state index is 0.188. The number of hydrogen-bond acceptors (Lipinski definition) is 4. The summed E-state index contributed by atoms with van der Waals surface area (Å²) in [4.78, 5) is 4.37. The Hall–Kier alpha value is -0.350. The molecular weight excluding hydrogens is 230 g/mol. The zero-order valence-electron chi connectivity index (χ0n) is 9.29. The number of nitrogens with one attached hydrogen (secondary N) is 1. The first-order valence-electron chi connectivity index (χ1n) is 5.46. The van der Waals surface area contributed by atoms with E-state index in [1.54, 1.807) is 0 Å². The van der Waals surface area contributed by atoms with E-state index in [1.165, 1.54) is 11.5 Å². The van der Waals surface area contributed by atoms with Crippen LogP contribution in [0.4, 0.5) is 5.13 Å². The van der Waals surface area contributed by atoms with Crippen LogP contribution in [0.3, 0.4) is 0 Å². The van der Waals surface area contributed by atoms with Crippen molar-refractivity contribution in [3.05, 3.63) is 5.82 Å². The molecule has 0 aliphatic carbocycles. The molecule has 0 fully saturated rings. The maximum atomic E-state index is 6.09. The van der Waals surface area contributed by atoms with Crippen molar-refractivity contribution in [2.24, 2.45) is 0 Å². The molecule has 0 saturated heterocycles. The van der Waals surface area contributed by atoms with Crippen LogP contribution in [0.25, 0.3) is 0 Å². The molecule has 3 nitrogen and oxygen atoms in total. The zero-order valence-corrected chi connectivity index (χ0v) is 10.9. The molecule has 0 aliphatic heterocycles. The van der Waals surface area contributed by atoms with Crippen LogP contribution in [0, 0.1) is 0 Å². The molecule has 1 rings (SSSR count). The molecule has 0 radical (unpaired) electrons. The Balaban J connectivity index is 2.30. The standard InChI is InChI=1S/C10H18ClN3S/c1-3-5-8(11)7-12-10-13-9(6-4-2)14-15-10/h8H,3-7H2,1-2H3,(H,12,13,14). The van der Waals surface area contributed by atoms with Crippen molar-refractivity contribution in [3.8, 4) is 0 Å². The Labute approximate surface area is 100 Å². The number of aromatic nitrogens is 2. The second-order valence-corrected chi connectivity index (χ2v) is 4.90. The Bertz CT molecular complexity index is 277. The first-order valence-corrected chi connectivity index (χ1v) is 6.67. The maximum absolute atomic E-state index is 6.09. The molecule has 1 aromatic heterocycles. The van der Waals surface area contributed by atoms with Gasteiger partial charge in [0.05, 0.1) is 5.38 Å². The molecule has 15 heavy (non-hydrogen) atoms. The molecule has 1 aromatic rings. The number of hydrogen-bond donors (Lipinski definition) is 1. The summed E-state index contributed by atoms with van der Waals surface area (Å²) in [5, 5.41) is 4.30. The van der Waals surface area contributed by atoms with E-state index in [2.05, 4.69) is 28.5 Å². The van der Waals surface area contributed by atoms with E-state index in [0.717, 1.165) is 43.2 Å². The first kappa shape index (κ1) is 12.7. The highest BCUT2D eigenvalue weighted by Gasteiger charge is 2.06. The summed E-state index contributed by atoms with van der Waals surface area (Å²) in [6.45, 7) is 5.04. The van der Waals surface area contributed by atoms with Gasteiger partial charge in [-0.05, 0) is 12.8 Å². The smallest absolute Gasteiger partial charge is 0.202 e. The topological polar surface area (TPSA) is 37.8 Å². The van der Waals surface area contributed by atoms with Crippen LogP contribution in [0.1, 0.15) is 38.9 Å². The highest BCUT2D eigenvalue weighted by Crippen LogP contribution is 2.13. The number of aryl methyl sites for hydroxylation is 1. The van der Waals surface area contributed by atoms with Crippen LogP contribution >= 0.6 is 23.1 Å². The molecule has 0 aliphatic rings. The lowest BCUT2D eigenvalue weighted by molar-refractivity contribution is 0.751.